The zero-order valence-corrected chi connectivity index (χ0v) is 13.8. The molecular formula is C16H20F3N3O3. The number of hydrogen-bond donors (Lipinski definition) is 1. The van der Waals surface area contributed by atoms with Crippen molar-refractivity contribution in [2.75, 3.05) is 44.6 Å². The van der Waals surface area contributed by atoms with Crippen molar-refractivity contribution in [3.8, 4) is 0 Å². The summed E-state index contributed by atoms with van der Waals surface area (Å²) in [5, 5.41) is 2.55. The van der Waals surface area contributed by atoms with Crippen molar-refractivity contribution in [1.29, 1.82) is 0 Å². The second-order valence-electron chi connectivity index (χ2n) is 5.46. The molecule has 9 heteroatoms. The van der Waals surface area contributed by atoms with E-state index in [4.69, 9.17) is 4.74 Å². The minimum atomic E-state index is -4.49. The Hall–Kier alpha value is -2.45. The standard InChI is InChI=1S/C16H20F3N3O3/c1-2-25-15(24)22-9-7-21(8-10-22)14(23)11-20-13-6-4-3-5-12(13)16(17,18)19/h3-6,20H,2,7-11H2,1H3. The molecule has 1 aliphatic heterocycles. The highest BCUT2D eigenvalue weighted by atomic mass is 19.4. The lowest BCUT2D eigenvalue weighted by Gasteiger charge is -2.34. The van der Waals surface area contributed by atoms with Crippen molar-refractivity contribution in [1.82, 2.24) is 9.80 Å². The molecule has 0 aliphatic carbocycles. The predicted molar refractivity (Wildman–Crippen MR) is 85.1 cm³/mol. The van der Waals surface area contributed by atoms with Gasteiger partial charge in [-0.05, 0) is 19.1 Å². The van der Waals surface area contributed by atoms with Crippen LogP contribution in [0.1, 0.15) is 12.5 Å². The Balaban J connectivity index is 1.87. The lowest BCUT2D eigenvalue weighted by molar-refractivity contribution is -0.137. The van der Waals surface area contributed by atoms with Gasteiger partial charge in [0, 0.05) is 31.9 Å². The second-order valence-corrected chi connectivity index (χ2v) is 5.46. The molecule has 0 spiro atoms. The number of rotatable bonds is 4. The van der Waals surface area contributed by atoms with Crippen molar-refractivity contribution in [2.45, 2.75) is 13.1 Å². The number of piperazine rings is 1. The molecule has 1 saturated heterocycles. The van der Waals surface area contributed by atoms with E-state index in [0.717, 1.165) is 6.07 Å². The van der Waals surface area contributed by atoms with Gasteiger partial charge in [-0.15, -0.1) is 0 Å². The van der Waals surface area contributed by atoms with E-state index < -0.39 is 17.8 Å². The fraction of sp³-hybridized carbons (Fsp3) is 0.500. The van der Waals surface area contributed by atoms with Gasteiger partial charge < -0.3 is 19.9 Å². The summed E-state index contributed by atoms with van der Waals surface area (Å²) in [6, 6.07) is 5.02. The summed E-state index contributed by atoms with van der Waals surface area (Å²) in [6.45, 7) is 3.06. The molecule has 1 aliphatic rings. The minimum Gasteiger partial charge on any atom is -0.450 e. The first-order valence-electron chi connectivity index (χ1n) is 7.92. The van der Waals surface area contributed by atoms with Crippen LogP contribution >= 0.6 is 0 Å². The number of hydrogen-bond acceptors (Lipinski definition) is 4. The summed E-state index contributed by atoms with van der Waals surface area (Å²) in [6.07, 6.45) is -4.91. The number of carbonyl (C=O) groups excluding carboxylic acids is 2. The molecule has 1 aromatic carbocycles. The van der Waals surface area contributed by atoms with Crippen molar-refractivity contribution in [3.05, 3.63) is 29.8 Å². The highest BCUT2D eigenvalue weighted by molar-refractivity contribution is 5.81. The first-order valence-corrected chi connectivity index (χ1v) is 7.92. The summed E-state index contributed by atoms with van der Waals surface area (Å²) in [5.74, 6) is -0.319. The lowest BCUT2D eigenvalue weighted by Crippen LogP contribution is -2.51. The van der Waals surface area contributed by atoms with E-state index in [-0.39, 0.29) is 24.7 Å². The molecule has 0 aromatic heterocycles. The van der Waals surface area contributed by atoms with Crippen LogP contribution in [-0.4, -0.2) is 61.1 Å². The molecule has 0 atom stereocenters. The van der Waals surface area contributed by atoms with Crippen LogP contribution in [0.2, 0.25) is 0 Å². The van der Waals surface area contributed by atoms with Crippen LogP contribution in [0.15, 0.2) is 24.3 Å². The van der Waals surface area contributed by atoms with Gasteiger partial charge in [-0.3, -0.25) is 4.79 Å². The summed E-state index contributed by atoms with van der Waals surface area (Å²) in [7, 11) is 0. The van der Waals surface area contributed by atoms with Crippen LogP contribution in [0.3, 0.4) is 0 Å². The van der Waals surface area contributed by atoms with Crippen molar-refractivity contribution in [2.24, 2.45) is 0 Å². The Kier molecular flexibility index (Phi) is 6.11. The zero-order chi connectivity index (χ0) is 18.4. The van der Waals surface area contributed by atoms with Crippen molar-refractivity contribution in [3.63, 3.8) is 0 Å². The quantitative estimate of drug-likeness (QED) is 0.897. The smallest absolute Gasteiger partial charge is 0.418 e. The Morgan fingerprint density at radius 1 is 1.12 bits per heavy atom. The number of anilines is 1. The fourth-order valence-electron chi connectivity index (χ4n) is 2.52. The largest absolute Gasteiger partial charge is 0.450 e. The predicted octanol–water partition coefficient (Wildman–Crippen LogP) is 2.42. The van der Waals surface area contributed by atoms with Gasteiger partial charge in [-0.1, -0.05) is 12.1 Å². The maximum absolute atomic E-state index is 12.9. The Morgan fingerprint density at radius 2 is 1.72 bits per heavy atom. The molecule has 1 aromatic rings. The molecular weight excluding hydrogens is 339 g/mol. The third-order valence-electron chi connectivity index (χ3n) is 3.82. The lowest BCUT2D eigenvalue weighted by atomic mass is 10.1. The van der Waals surface area contributed by atoms with Crippen LogP contribution in [0.25, 0.3) is 0 Å². The summed E-state index contributed by atoms with van der Waals surface area (Å²) >= 11 is 0. The first-order chi connectivity index (χ1) is 11.8. The average molecular weight is 359 g/mol. The van der Waals surface area contributed by atoms with Crippen LogP contribution in [0.4, 0.5) is 23.7 Å². The zero-order valence-electron chi connectivity index (χ0n) is 13.8. The van der Waals surface area contributed by atoms with Crippen molar-refractivity contribution < 1.29 is 27.5 Å². The van der Waals surface area contributed by atoms with Crippen LogP contribution in [0.5, 0.6) is 0 Å². The number of alkyl halides is 3. The first kappa shape index (κ1) is 18.9. The maximum Gasteiger partial charge on any atom is 0.418 e. The minimum absolute atomic E-state index is 0.131. The summed E-state index contributed by atoms with van der Waals surface area (Å²) in [4.78, 5) is 26.8. The number of halogens is 3. The number of amides is 2. The van der Waals surface area contributed by atoms with Gasteiger partial charge in [-0.25, -0.2) is 4.79 Å². The molecule has 6 nitrogen and oxygen atoms in total. The molecule has 2 rings (SSSR count). The Labute approximate surface area is 143 Å². The number of benzene rings is 1. The van der Waals surface area contributed by atoms with Gasteiger partial charge in [0.25, 0.3) is 0 Å². The third-order valence-corrected chi connectivity index (χ3v) is 3.82. The van der Waals surface area contributed by atoms with Crippen LogP contribution < -0.4 is 5.32 Å². The second kappa shape index (κ2) is 8.09. The number of nitrogens with zero attached hydrogens (tertiary/aromatic N) is 2. The van der Waals surface area contributed by atoms with Gasteiger partial charge in [0.15, 0.2) is 0 Å². The third kappa shape index (κ3) is 5.01. The van der Waals surface area contributed by atoms with Gasteiger partial charge in [0.1, 0.15) is 0 Å². The van der Waals surface area contributed by atoms with Gasteiger partial charge in [0.2, 0.25) is 5.91 Å². The summed E-state index contributed by atoms with van der Waals surface area (Å²) < 4.78 is 43.7. The van der Waals surface area contributed by atoms with E-state index in [1.54, 1.807) is 6.92 Å². The normalized spacial score (nSPS) is 15.0. The number of carbonyl (C=O) groups is 2. The van der Waals surface area contributed by atoms with E-state index in [9.17, 15) is 22.8 Å². The number of ether oxygens (including phenoxy) is 1. The monoisotopic (exact) mass is 359 g/mol. The van der Waals surface area contributed by atoms with E-state index in [1.807, 2.05) is 0 Å². The van der Waals surface area contributed by atoms with Gasteiger partial charge in [0.05, 0.1) is 18.7 Å². The fourth-order valence-corrected chi connectivity index (χ4v) is 2.52. The van der Waals surface area contributed by atoms with Gasteiger partial charge >= 0.3 is 12.3 Å². The van der Waals surface area contributed by atoms with Gasteiger partial charge in [-0.2, -0.15) is 13.2 Å². The molecule has 1 N–H and O–H groups in total. The van der Waals surface area contributed by atoms with E-state index in [0.29, 0.717) is 26.2 Å². The number of para-hydroxylation sites is 1. The van der Waals surface area contributed by atoms with E-state index >= 15 is 0 Å². The Bertz CT molecular complexity index is 614. The molecule has 1 fully saturated rings. The molecule has 138 valence electrons. The number of nitrogens with one attached hydrogen (secondary N) is 1. The Morgan fingerprint density at radius 3 is 2.32 bits per heavy atom. The highest BCUT2D eigenvalue weighted by Gasteiger charge is 2.33. The maximum atomic E-state index is 12.9. The summed E-state index contributed by atoms with van der Waals surface area (Å²) in [5.41, 5.74) is -0.941. The highest BCUT2D eigenvalue weighted by Crippen LogP contribution is 2.34. The van der Waals surface area contributed by atoms with E-state index in [1.165, 1.54) is 28.0 Å². The molecule has 0 saturated carbocycles. The van der Waals surface area contributed by atoms with E-state index in [2.05, 4.69) is 5.32 Å². The molecule has 25 heavy (non-hydrogen) atoms. The SMILES string of the molecule is CCOC(=O)N1CCN(C(=O)CNc2ccccc2C(F)(F)F)CC1. The van der Waals surface area contributed by atoms with Crippen LogP contribution in [-0.2, 0) is 15.7 Å². The molecule has 1 heterocycles. The molecule has 0 bridgehead atoms. The average Bonchev–Trinajstić information content (AvgIpc) is 2.59. The molecule has 0 radical (unpaired) electrons. The van der Waals surface area contributed by atoms with Crippen LogP contribution in [0, 0.1) is 0 Å². The van der Waals surface area contributed by atoms with Crippen molar-refractivity contribution >= 4 is 17.7 Å². The topological polar surface area (TPSA) is 61.9 Å². The molecule has 2 amide bonds. The molecule has 0 unspecified atom stereocenters.